The van der Waals surface area contributed by atoms with Crippen molar-refractivity contribution in [3.63, 3.8) is 0 Å². The molecule has 6 nitrogen and oxygen atoms in total. The minimum absolute atomic E-state index is 0.0875. The summed E-state index contributed by atoms with van der Waals surface area (Å²) in [7, 11) is 1.33. The molecule has 2 unspecified atom stereocenters. The van der Waals surface area contributed by atoms with Gasteiger partial charge in [0.15, 0.2) is 5.76 Å². The van der Waals surface area contributed by atoms with Crippen molar-refractivity contribution in [3.8, 4) is 11.5 Å². The third kappa shape index (κ3) is 3.83. The molecule has 0 radical (unpaired) electrons. The second-order valence-electron chi connectivity index (χ2n) is 7.95. The summed E-state index contributed by atoms with van der Waals surface area (Å²) in [6.45, 7) is 3.79. The van der Waals surface area contributed by atoms with Crippen molar-refractivity contribution >= 4 is 17.8 Å². The second-order valence-corrected chi connectivity index (χ2v) is 7.95. The molecular weight excluding hydrogens is 382 g/mol. The first-order valence-corrected chi connectivity index (χ1v) is 10.3. The molecule has 30 heavy (non-hydrogen) atoms. The Morgan fingerprint density at radius 3 is 2.70 bits per heavy atom. The predicted octanol–water partition coefficient (Wildman–Crippen LogP) is 2.12. The van der Waals surface area contributed by atoms with E-state index in [0.29, 0.717) is 35.0 Å². The first-order chi connectivity index (χ1) is 14.5. The standard InChI is InChI=1S/C24H25NO5/c1-15-5-3-4-12-25(15)14-19-20(26)11-10-18-22(27)21(30-23(18)19)13-16-6-8-17(9-7-16)24(28)29-2/h6-11,13,15,26H,3-5,12,14H2,1-2H3. The molecule has 2 heterocycles. The molecule has 0 saturated carbocycles. The van der Waals surface area contributed by atoms with Crippen molar-refractivity contribution in [2.24, 2.45) is 0 Å². The third-order valence-corrected chi connectivity index (χ3v) is 6.01. The highest BCUT2D eigenvalue weighted by Gasteiger charge is 2.32. The Labute approximate surface area is 175 Å². The predicted molar refractivity (Wildman–Crippen MR) is 109 cm³/mol. The van der Waals surface area contributed by atoms with E-state index >= 15 is 0 Å². The summed E-state index contributed by atoms with van der Waals surface area (Å²) in [5.41, 5.74) is 2.16. The van der Waals surface area contributed by atoms with Gasteiger partial charge in [-0.15, -0.1) is 0 Å². The number of likely N-dealkylation sites (tertiary alicyclic amines) is 1. The molecule has 0 spiro atoms. The SMILES string of the molecule is COC(=O)c1ccc(C=C2Oc3c(ccc([O-])c3C[NH+]3CCCCC3C)C2=O)cc1. The lowest BCUT2D eigenvalue weighted by atomic mass is 10.0. The highest BCUT2D eigenvalue weighted by Crippen LogP contribution is 2.38. The number of methoxy groups -OCH3 is 1. The zero-order valence-electron chi connectivity index (χ0n) is 17.2. The molecule has 1 N–H and O–H groups in total. The van der Waals surface area contributed by atoms with Crippen LogP contribution in [0.1, 0.15) is 58.0 Å². The maximum Gasteiger partial charge on any atom is 0.337 e. The topological polar surface area (TPSA) is 80.1 Å². The van der Waals surface area contributed by atoms with E-state index in [4.69, 9.17) is 9.47 Å². The number of hydrogen-bond acceptors (Lipinski definition) is 5. The number of benzene rings is 2. The first-order valence-electron chi connectivity index (χ1n) is 10.3. The van der Waals surface area contributed by atoms with E-state index in [1.54, 1.807) is 36.4 Å². The van der Waals surface area contributed by atoms with Crippen molar-refractivity contribution in [2.75, 3.05) is 13.7 Å². The molecule has 1 fully saturated rings. The minimum atomic E-state index is -0.420. The number of ketones is 1. The molecule has 0 amide bonds. The summed E-state index contributed by atoms with van der Waals surface area (Å²) in [4.78, 5) is 25.8. The Balaban J connectivity index is 1.61. The van der Waals surface area contributed by atoms with E-state index in [1.807, 2.05) is 0 Å². The normalized spacial score (nSPS) is 21.9. The molecular formula is C24H25NO5. The van der Waals surface area contributed by atoms with Crippen LogP contribution in [0.4, 0.5) is 0 Å². The van der Waals surface area contributed by atoms with Crippen molar-refractivity contribution < 1.29 is 29.1 Å². The molecule has 0 bridgehead atoms. The average Bonchev–Trinajstić information content (AvgIpc) is 3.07. The van der Waals surface area contributed by atoms with Gasteiger partial charge in [0.2, 0.25) is 5.78 Å². The average molecular weight is 407 g/mol. The fourth-order valence-corrected chi connectivity index (χ4v) is 4.18. The van der Waals surface area contributed by atoms with Crippen molar-refractivity contribution in [3.05, 3.63) is 64.4 Å². The smallest absolute Gasteiger partial charge is 0.337 e. The van der Waals surface area contributed by atoms with Gasteiger partial charge in [-0.1, -0.05) is 23.9 Å². The maximum absolute atomic E-state index is 12.9. The van der Waals surface area contributed by atoms with Crippen molar-refractivity contribution in [2.45, 2.75) is 38.8 Å². The van der Waals surface area contributed by atoms with Crippen molar-refractivity contribution in [1.29, 1.82) is 0 Å². The van der Waals surface area contributed by atoms with Crippen LogP contribution in [0.2, 0.25) is 0 Å². The monoisotopic (exact) mass is 407 g/mol. The first kappa shape index (κ1) is 20.2. The number of ether oxygens (including phenoxy) is 2. The Kier molecular flexibility index (Phi) is 5.59. The van der Waals surface area contributed by atoms with E-state index in [9.17, 15) is 14.7 Å². The number of rotatable bonds is 4. The summed E-state index contributed by atoms with van der Waals surface area (Å²) >= 11 is 0. The molecule has 2 aromatic carbocycles. The minimum Gasteiger partial charge on any atom is -0.872 e. The number of allylic oxidation sites excluding steroid dienone is 1. The molecule has 0 aromatic heterocycles. The number of carbonyl (C=O) groups excluding carboxylic acids is 2. The van der Waals surface area contributed by atoms with E-state index in [1.165, 1.54) is 24.5 Å². The van der Waals surface area contributed by atoms with E-state index in [0.717, 1.165) is 24.9 Å². The van der Waals surface area contributed by atoms with E-state index in [2.05, 4.69) is 6.92 Å². The van der Waals surface area contributed by atoms with Gasteiger partial charge in [0.1, 0.15) is 12.3 Å². The quantitative estimate of drug-likeness (QED) is 0.620. The summed E-state index contributed by atoms with van der Waals surface area (Å²) in [5.74, 6) is -0.156. The molecule has 2 atom stereocenters. The number of nitrogens with one attached hydrogen (secondary N) is 1. The number of carbonyl (C=O) groups is 2. The van der Waals surface area contributed by atoms with Crippen LogP contribution >= 0.6 is 0 Å². The highest BCUT2D eigenvalue weighted by molar-refractivity contribution is 6.15. The van der Waals surface area contributed by atoms with Gasteiger partial charge in [-0.05, 0) is 56.0 Å². The maximum atomic E-state index is 12.9. The lowest BCUT2D eigenvalue weighted by molar-refractivity contribution is -0.942. The van der Waals surface area contributed by atoms with Crippen LogP contribution in [0.25, 0.3) is 6.08 Å². The van der Waals surface area contributed by atoms with E-state index in [-0.39, 0.29) is 17.3 Å². The zero-order chi connectivity index (χ0) is 21.3. The molecule has 156 valence electrons. The molecule has 2 aliphatic heterocycles. The van der Waals surface area contributed by atoms with E-state index < -0.39 is 5.97 Å². The molecule has 2 aromatic rings. The fourth-order valence-electron chi connectivity index (χ4n) is 4.18. The Morgan fingerprint density at radius 2 is 2.00 bits per heavy atom. The number of piperidine rings is 1. The fraction of sp³-hybridized carbons (Fsp3) is 0.333. The van der Waals surface area contributed by atoms with Gasteiger partial charge in [0.25, 0.3) is 0 Å². The molecule has 4 rings (SSSR count). The molecule has 6 heteroatoms. The van der Waals surface area contributed by atoms with Crippen LogP contribution in [0.3, 0.4) is 0 Å². The van der Waals surface area contributed by atoms with Gasteiger partial charge in [-0.3, -0.25) is 4.79 Å². The summed E-state index contributed by atoms with van der Waals surface area (Å²) in [5, 5.41) is 12.6. The Bertz CT molecular complexity index is 1010. The number of fused-ring (bicyclic) bond motifs is 1. The van der Waals surface area contributed by atoms with Gasteiger partial charge >= 0.3 is 5.97 Å². The molecule has 1 saturated heterocycles. The third-order valence-electron chi connectivity index (χ3n) is 6.01. The van der Waals surface area contributed by atoms with Gasteiger partial charge in [0.05, 0.1) is 30.8 Å². The zero-order valence-corrected chi connectivity index (χ0v) is 17.2. The Hall–Kier alpha value is -3.12. The van der Waals surface area contributed by atoms with Gasteiger partial charge in [0, 0.05) is 5.56 Å². The molecule has 0 aliphatic carbocycles. The van der Waals surface area contributed by atoms with Crippen LogP contribution < -0.4 is 14.7 Å². The summed E-state index contributed by atoms with van der Waals surface area (Å²) in [6.07, 6.45) is 5.15. The summed E-state index contributed by atoms with van der Waals surface area (Å²) in [6, 6.07) is 10.2. The lowest BCUT2D eigenvalue weighted by Crippen LogP contribution is -3.14. The Morgan fingerprint density at radius 1 is 1.23 bits per heavy atom. The lowest BCUT2D eigenvalue weighted by Gasteiger charge is -2.31. The van der Waals surface area contributed by atoms with Crippen LogP contribution in [-0.2, 0) is 11.3 Å². The van der Waals surface area contributed by atoms with Crippen LogP contribution in [0.15, 0.2) is 42.2 Å². The van der Waals surface area contributed by atoms with Gasteiger partial charge in [-0.25, -0.2) is 4.79 Å². The second kappa shape index (κ2) is 8.32. The van der Waals surface area contributed by atoms with Gasteiger partial charge < -0.3 is 19.5 Å². The summed E-state index contributed by atoms with van der Waals surface area (Å²) < 4.78 is 10.6. The largest absolute Gasteiger partial charge is 0.872 e. The number of esters is 1. The van der Waals surface area contributed by atoms with Crippen LogP contribution in [-0.4, -0.2) is 31.4 Å². The highest BCUT2D eigenvalue weighted by atomic mass is 16.5. The van der Waals surface area contributed by atoms with Crippen molar-refractivity contribution in [1.82, 2.24) is 0 Å². The number of quaternary nitrogens is 1. The molecule has 2 aliphatic rings. The van der Waals surface area contributed by atoms with Crippen LogP contribution in [0, 0.1) is 0 Å². The van der Waals surface area contributed by atoms with Crippen LogP contribution in [0.5, 0.6) is 11.5 Å². The number of hydrogen-bond donors (Lipinski definition) is 1. The van der Waals surface area contributed by atoms with Gasteiger partial charge in [-0.2, -0.15) is 0 Å². The number of Topliss-reactive ketones (excluding diaryl/α,β-unsaturated/α-hetero) is 1.